The summed E-state index contributed by atoms with van der Waals surface area (Å²) < 4.78 is 28.0. The first-order valence-electron chi connectivity index (χ1n) is 8.08. The number of nitrogens with one attached hydrogen (secondary N) is 3. The molecule has 1 amide bonds. The summed E-state index contributed by atoms with van der Waals surface area (Å²) in [5.41, 5.74) is 0.595. The van der Waals surface area contributed by atoms with E-state index in [1.54, 1.807) is 17.0 Å². The smallest absolute Gasteiger partial charge is 0.240 e. The van der Waals surface area contributed by atoms with Crippen molar-refractivity contribution in [1.82, 2.24) is 4.72 Å². The van der Waals surface area contributed by atoms with Gasteiger partial charge < -0.3 is 10.2 Å². The van der Waals surface area contributed by atoms with Crippen LogP contribution in [0.4, 0.5) is 5.69 Å². The van der Waals surface area contributed by atoms with Crippen molar-refractivity contribution in [3.05, 3.63) is 24.3 Å². The highest BCUT2D eigenvalue weighted by molar-refractivity contribution is 7.89. The number of hydrogen-bond acceptors (Lipinski definition) is 3. The van der Waals surface area contributed by atoms with E-state index >= 15 is 0 Å². The molecular formula is C16H24N3O3S+. The van der Waals surface area contributed by atoms with Crippen molar-refractivity contribution in [3.63, 3.8) is 0 Å². The summed E-state index contributed by atoms with van der Waals surface area (Å²) in [5, 5.41) is 2.63. The first-order valence-corrected chi connectivity index (χ1v) is 9.57. The largest absolute Gasteiger partial charge is 0.332 e. The topological polar surface area (TPSA) is 79.7 Å². The Balaban J connectivity index is 1.68. The molecule has 2 bridgehead atoms. The summed E-state index contributed by atoms with van der Waals surface area (Å²) in [5.74, 6) is -0.178. The number of carbonyl (C=O) groups is 1. The van der Waals surface area contributed by atoms with Crippen molar-refractivity contribution in [1.29, 1.82) is 0 Å². The van der Waals surface area contributed by atoms with E-state index in [9.17, 15) is 13.2 Å². The molecule has 0 aliphatic carbocycles. The highest BCUT2D eigenvalue weighted by Crippen LogP contribution is 2.24. The van der Waals surface area contributed by atoms with Gasteiger partial charge in [0.2, 0.25) is 15.9 Å². The molecule has 3 N–H and O–H groups in total. The second-order valence-corrected chi connectivity index (χ2v) is 8.42. The summed E-state index contributed by atoms with van der Waals surface area (Å²) in [6, 6.07) is 7.45. The molecule has 7 heteroatoms. The van der Waals surface area contributed by atoms with E-state index in [2.05, 4.69) is 17.1 Å². The van der Waals surface area contributed by atoms with Crippen molar-refractivity contribution in [3.8, 4) is 0 Å². The number of hydrogen-bond donors (Lipinski definition) is 3. The Bertz CT molecular complexity index is 673. The fourth-order valence-electron chi connectivity index (χ4n) is 3.89. The van der Waals surface area contributed by atoms with Crippen LogP contribution < -0.4 is 14.9 Å². The molecule has 2 aliphatic heterocycles. The molecule has 2 aliphatic rings. The Hall–Kier alpha value is -1.44. The van der Waals surface area contributed by atoms with Crippen molar-refractivity contribution >= 4 is 21.6 Å². The molecule has 0 saturated carbocycles. The molecule has 3 rings (SSSR count). The zero-order valence-electron chi connectivity index (χ0n) is 13.5. The van der Waals surface area contributed by atoms with Gasteiger partial charge in [0.05, 0.1) is 24.0 Å². The number of amides is 1. The van der Waals surface area contributed by atoms with Crippen LogP contribution in [0.15, 0.2) is 29.2 Å². The summed E-state index contributed by atoms with van der Waals surface area (Å²) in [4.78, 5) is 12.8. The fourth-order valence-corrected chi connectivity index (χ4v) is 5.15. The van der Waals surface area contributed by atoms with Crippen LogP contribution in [0.3, 0.4) is 0 Å². The Kier molecular flexibility index (Phi) is 4.44. The normalized spacial score (nSPS) is 30.2. The van der Waals surface area contributed by atoms with E-state index < -0.39 is 10.0 Å². The quantitative estimate of drug-likeness (QED) is 0.730. The summed E-state index contributed by atoms with van der Waals surface area (Å²) in [7, 11) is -1.30. The van der Waals surface area contributed by atoms with Gasteiger partial charge in [0.1, 0.15) is 0 Å². The monoisotopic (exact) mass is 338 g/mol. The van der Waals surface area contributed by atoms with Crippen molar-refractivity contribution in [2.75, 3.05) is 12.4 Å². The van der Waals surface area contributed by atoms with Gasteiger partial charge in [-0.3, -0.25) is 4.79 Å². The van der Waals surface area contributed by atoms with Gasteiger partial charge >= 0.3 is 0 Å². The third-order valence-corrected chi connectivity index (χ3v) is 6.63. The molecule has 0 aromatic heterocycles. The van der Waals surface area contributed by atoms with Gasteiger partial charge in [-0.2, -0.15) is 0 Å². The van der Waals surface area contributed by atoms with E-state index in [0.29, 0.717) is 17.8 Å². The van der Waals surface area contributed by atoms with Crippen molar-refractivity contribution in [2.45, 2.75) is 55.6 Å². The highest BCUT2D eigenvalue weighted by Gasteiger charge is 2.43. The van der Waals surface area contributed by atoms with Crippen LogP contribution in [0.25, 0.3) is 0 Å². The Morgan fingerprint density at radius 1 is 1.13 bits per heavy atom. The number of fused-ring (bicyclic) bond motifs is 2. The molecule has 2 atom stereocenters. The van der Waals surface area contributed by atoms with E-state index in [0.717, 1.165) is 12.8 Å². The maximum Gasteiger partial charge on any atom is 0.240 e. The zero-order chi connectivity index (χ0) is 16.6. The van der Waals surface area contributed by atoms with E-state index in [1.807, 2.05) is 0 Å². The lowest BCUT2D eigenvalue weighted by Gasteiger charge is -2.33. The van der Waals surface area contributed by atoms with Crippen LogP contribution in [0.2, 0.25) is 0 Å². The lowest BCUT2D eigenvalue weighted by atomic mass is 9.99. The SMILES string of the molecule is CC(=O)Nc1ccc(S(=O)(=O)NC2C[C@H]3CC[C@H](C2)[NH+]3C)cc1. The number of carbonyl (C=O) groups excluding carboxylic acids is 1. The van der Waals surface area contributed by atoms with Gasteiger partial charge in [-0.15, -0.1) is 0 Å². The molecule has 0 spiro atoms. The number of piperidine rings is 1. The molecule has 0 radical (unpaired) electrons. The first kappa shape index (κ1) is 16.4. The second-order valence-electron chi connectivity index (χ2n) is 6.71. The Labute approximate surface area is 137 Å². The van der Waals surface area contributed by atoms with Gasteiger partial charge in [-0.1, -0.05) is 0 Å². The average Bonchev–Trinajstić information content (AvgIpc) is 2.70. The molecule has 126 valence electrons. The lowest BCUT2D eigenvalue weighted by Crippen LogP contribution is -3.15. The van der Waals surface area contributed by atoms with Crippen LogP contribution in [0, 0.1) is 0 Å². The number of sulfonamides is 1. The van der Waals surface area contributed by atoms with Crippen molar-refractivity contribution in [2.24, 2.45) is 0 Å². The third kappa shape index (κ3) is 3.57. The molecule has 2 saturated heterocycles. The number of rotatable bonds is 4. The predicted octanol–water partition coefficient (Wildman–Crippen LogP) is 0.131. The van der Waals surface area contributed by atoms with E-state index in [1.165, 1.54) is 31.9 Å². The lowest BCUT2D eigenvalue weighted by molar-refractivity contribution is -0.922. The molecule has 2 heterocycles. The first-order chi connectivity index (χ1) is 10.8. The van der Waals surface area contributed by atoms with E-state index in [4.69, 9.17) is 0 Å². The van der Waals surface area contributed by atoms with Crippen LogP contribution in [0.5, 0.6) is 0 Å². The average molecular weight is 338 g/mol. The van der Waals surface area contributed by atoms with Crippen LogP contribution >= 0.6 is 0 Å². The maximum atomic E-state index is 12.5. The van der Waals surface area contributed by atoms with Crippen LogP contribution in [-0.2, 0) is 14.8 Å². The van der Waals surface area contributed by atoms with Crippen LogP contribution in [0.1, 0.15) is 32.6 Å². The maximum absolute atomic E-state index is 12.5. The Morgan fingerprint density at radius 3 is 2.22 bits per heavy atom. The minimum Gasteiger partial charge on any atom is -0.332 e. The standard InChI is InChI=1S/C16H23N3O3S/c1-11(20)17-12-3-7-16(8-4-12)23(21,22)18-13-9-14-5-6-15(10-13)19(14)2/h3-4,7-8,13-15,18H,5-6,9-10H2,1-2H3,(H,17,20)/p+1/t14-,15-/m1/s1. The van der Waals surface area contributed by atoms with Gasteiger partial charge in [-0.05, 0) is 24.3 Å². The molecule has 2 fully saturated rings. The van der Waals surface area contributed by atoms with Crippen molar-refractivity contribution < 1.29 is 18.1 Å². The number of quaternary nitrogens is 1. The summed E-state index contributed by atoms with van der Waals surface area (Å²) >= 11 is 0. The summed E-state index contributed by atoms with van der Waals surface area (Å²) in [6.45, 7) is 1.42. The zero-order valence-corrected chi connectivity index (χ0v) is 14.3. The van der Waals surface area contributed by atoms with Gasteiger partial charge in [0, 0.05) is 44.3 Å². The van der Waals surface area contributed by atoms with Gasteiger partial charge in [0.25, 0.3) is 0 Å². The third-order valence-electron chi connectivity index (χ3n) is 5.10. The number of benzene rings is 1. The molecular weight excluding hydrogens is 314 g/mol. The molecule has 6 nitrogen and oxygen atoms in total. The number of anilines is 1. The molecule has 0 unspecified atom stereocenters. The molecule has 1 aromatic rings. The Morgan fingerprint density at radius 2 is 1.70 bits per heavy atom. The van der Waals surface area contributed by atoms with Gasteiger partial charge in [0.15, 0.2) is 0 Å². The fraction of sp³-hybridized carbons (Fsp3) is 0.562. The van der Waals surface area contributed by atoms with Gasteiger partial charge in [-0.25, -0.2) is 13.1 Å². The van der Waals surface area contributed by atoms with E-state index in [-0.39, 0.29) is 16.8 Å². The molecule has 23 heavy (non-hydrogen) atoms. The highest BCUT2D eigenvalue weighted by atomic mass is 32.2. The van der Waals surface area contributed by atoms with Crippen LogP contribution in [-0.4, -0.2) is 39.5 Å². The predicted molar refractivity (Wildman–Crippen MR) is 87.8 cm³/mol. The minimum absolute atomic E-state index is 0.0243. The minimum atomic E-state index is -3.51. The summed E-state index contributed by atoms with van der Waals surface area (Å²) in [6.07, 6.45) is 4.21. The molecule has 1 aromatic carbocycles. The second kappa shape index (κ2) is 6.22.